The summed E-state index contributed by atoms with van der Waals surface area (Å²) in [6, 6.07) is 0. The van der Waals surface area contributed by atoms with E-state index in [1.807, 2.05) is 17.2 Å². The van der Waals surface area contributed by atoms with Crippen LogP contribution >= 0.6 is 0 Å². The number of amides is 1. The van der Waals surface area contributed by atoms with Crippen molar-refractivity contribution in [3.8, 4) is 0 Å². The SMILES string of the molecule is O=C(/C=C/C=C/N1CCOCC1)N1CCOCC1. The van der Waals surface area contributed by atoms with Crippen LogP contribution in [0.15, 0.2) is 24.4 Å². The summed E-state index contributed by atoms with van der Waals surface area (Å²) in [5, 5.41) is 0. The van der Waals surface area contributed by atoms with Gasteiger partial charge in [-0.05, 0) is 12.3 Å². The van der Waals surface area contributed by atoms with E-state index in [1.54, 1.807) is 12.2 Å². The van der Waals surface area contributed by atoms with Crippen molar-refractivity contribution in [1.29, 1.82) is 0 Å². The van der Waals surface area contributed by atoms with Gasteiger partial charge in [-0.25, -0.2) is 0 Å². The summed E-state index contributed by atoms with van der Waals surface area (Å²) >= 11 is 0. The Morgan fingerprint density at radius 1 is 0.889 bits per heavy atom. The average Bonchev–Trinajstić information content (AvgIpc) is 2.45. The van der Waals surface area contributed by atoms with Crippen LogP contribution in [0.25, 0.3) is 0 Å². The largest absolute Gasteiger partial charge is 0.378 e. The predicted octanol–water partition coefficient (Wildman–Crippen LogP) is 0.247. The van der Waals surface area contributed by atoms with E-state index in [4.69, 9.17) is 9.47 Å². The van der Waals surface area contributed by atoms with Gasteiger partial charge in [-0.15, -0.1) is 0 Å². The first-order valence-corrected chi connectivity index (χ1v) is 6.39. The van der Waals surface area contributed by atoms with Crippen LogP contribution in [0, 0.1) is 0 Å². The van der Waals surface area contributed by atoms with Gasteiger partial charge in [0.15, 0.2) is 0 Å². The maximum Gasteiger partial charge on any atom is 0.246 e. The molecular weight excluding hydrogens is 232 g/mol. The molecule has 0 saturated carbocycles. The van der Waals surface area contributed by atoms with Gasteiger partial charge in [-0.3, -0.25) is 4.79 Å². The van der Waals surface area contributed by atoms with E-state index in [1.165, 1.54) is 0 Å². The van der Waals surface area contributed by atoms with Gasteiger partial charge in [0.05, 0.1) is 26.4 Å². The zero-order valence-corrected chi connectivity index (χ0v) is 10.6. The summed E-state index contributed by atoms with van der Waals surface area (Å²) in [5.41, 5.74) is 0. The number of carbonyl (C=O) groups is 1. The molecule has 5 heteroatoms. The smallest absolute Gasteiger partial charge is 0.246 e. The highest BCUT2D eigenvalue weighted by molar-refractivity contribution is 5.87. The Kier molecular flexibility index (Phi) is 5.23. The molecule has 2 rings (SSSR count). The van der Waals surface area contributed by atoms with Gasteiger partial charge in [-0.2, -0.15) is 0 Å². The van der Waals surface area contributed by atoms with Gasteiger partial charge in [-0.1, -0.05) is 6.08 Å². The fraction of sp³-hybridized carbons (Fsp3) is 0.615. The molecule has 5 nitrogen and oxygen atoms in total. The number of allylic oxidation sites excluding steroid dienone is 2. The highest BCUT2D eigenvalue weighted by Crippen LogP contribution is 1.99. The van der Waals surface area contributed by atoms with E-state index in [0.29, 0.717) is 26.3 Å². The van der Waals surface area contributed by atoms with Gasteiger partial charge >= 0.3 is 0 Å². The van der Waals surface area contributed by atoms with Crippen LogP contribution in [-0.4, -0.2) is 68.3 Å². The maximum absolute atomic E-state index is 11.8. The molecule has 0 radical (unpaired) electrons. The van der Waals surface area contributed by atoms with Crippen LogP contribution in [0.4, 0.5) is 0 Å². The van der Waals surface area contributed by atoms with Gasteiger partial charge in [0, 0.05) is 32.3 Å². The molecule has 0 unspecified atom stereocenters. The topological polar surface area (TPSA) is 42.0 Å². The standard InChI is InChI=1S/C13H20N2O3/c16-13(15-7-11-18-12-8-15)3-1-2-4-14-5-9-17-10-6-14/h1-4H,5-12H2/b3-1+,4-2+. The summed E-state index contributed by atoms with van der Waals surface area (Å²) < 4.78 is 10.5. The molecule has 0 atom stereocenters. The van der Waals surface area contributed by atoms with E-state index >= 15 is 0 Å². The Morgan fingerprint density at radius 3 is 2.17 bits per heavy atom. The first-order chi connectivity index (χ1) is 8.86. The van der Waals surface area contributed by atoms with Gasteiger partial charge in [0.2, 0.25) is 5.91 Å². The Labute approximate surface area is 108 Å². The van der Waals surface area contributed by atoms with Crippen molar-refractivity contribution in [2.75, 3.05) is 52.6 Å². The van der Waals surface area contributed by atoms with Gasteiger partial charge in [0.25, 0.3) is 0 Å². The van der Waals surface area contributed by atoms with Crippen molar-refractivity contribution < 1.29 is 14.3 Å². The third-order valence-corrected chi connectivity index (χ3v) is 3.02. The third kappa shape index (κ3) is 4.16. The lowest BCUT2D eigenvalue weighted by Crippen LogP contribution is -2.39. The summed E-state index contributed by atoms with van der Waals surface area (Å²) in [4.78, 5) is 15.8. The van der Waals surface area contributed by atoms with Crippen LogP contribution in [0.2, 0.25) is 0 Å². The fourth-order valence-electron chi connectivity index (χ4n) is 1.92. The molecule has 1 amide bonds. The highest BCUT2D eigenvalue weighted by atomic mass is 16.5. The molecule has 2 fully saturated rings. The van der Waals surface area contributed by atoms with Crippen LogP contribution in [0.1, 0.15) is 0 Å². The van der Waals surface area contributed by atoms with Crippen molar-refractivity contribution in [2.24, 2.45) is 0 Å². The molecule has 0 bridgehead atoms. The Hall–Kier alpha value is -1.33. The van der Waals surface area contributed by atoms with Gasteiger partial charge in [0.1, 0.15) is 0 Å². The molecule has 2 heterocycles. The zero-order chi connectivity index (χ0) is 12.6. The fourth-order valence-corrected chi connectivity index (χ4v) is 1.92. The monoisotopic (exact) mass is 252 g/mol. The highest BCUT2D eigenvalue weighted by Gasteiger charge is 2.13. The second-order valence-corrected chi connectivity index (χ2v) is 4.29. The van der Waals surface area contributed by atoms with Crippen LogP contribution < -0.4 is 0 Å². The second kappa shape index (κ2) is 7.18. The first kappa shape index (κ1) is 13.1. The minimum Gasteiger partial charge on any atom is -0.378 e. The third-order valence-electron chi connectivity index (χ3n) is 3.02. The summed E-state index contributed by atoms with van der Waals surface area (Å²) in [5.74, 6) is 0.0601. The van der Waals surface area contributed by atoms with Gasteiger partial charge < -0.3 is 19.3 Å². The van der Waals surface area contributed by atoms with Crippen LogP contribution in [0.3, 0.4) is 0 Å². The number of hydrogen-bond donors (Lipinski definition) is 0. The summed E-state index contributed by atoms with van der Waals surface area (Å²) in [7, 11) is 0. The molecule has 100 valence electrons. The van der Waals surface area contributed by atoms with E-state index in [0.717, 1.165) is 26.3 Å². The predicted molar refractivity (Wildman–Crippen MR) is 68.1 cm³/mol. The van der Waals surface area contributed by atoms with Crippen molar-refractivity contribution >= 4 is 5.91 Å². The number of morpholine rings is 2. The normalized spacial score (nSPS) is 22.0. The Bertz CT molecular complexity index is 316. The minimum absolute atomic E-state index is 0.0601. The molecular formula is C13H20N2O3. The molecule has 0 aliphatic carbocycles. The van der Waals surface area contributed by atoms with E-state index in [9.17, 15) is 4.79 Å². The van der Waals surface area contributed by atoms with Crippen LogP contribution in [-0.2, 0) is 14.3 Å². The lowest BCUT2D eigenvalue weighted by molar-refractivity contribution is -0.129. The number of rotatable bonds is 3. The summed E-state index contributed by atoms with van der Waals surface area (Å²) in [6.07, 6.45) is 7.32. The lowest BCUT2D eigenvalue weighted by Gasteiger charge is -2.25. The molecule has 2 saturated heterocycles. The average molecular weight is 252 g/mol. The molecule has 0 spiro atoms. The minimum atomic E-state index is 0.0601. The number of nitrogens with zero attached hydrogens (tertiary/aromatic N) is 2. The molecule has 0 aromatic rings. The molecule has 2 aliphatic heterocycles. The quantitative estimate of drug-likeness (QED) is 0.533. The van der Waals surface area contributed by atoms with Crippen molar-refractivity contribution in [1.82, 2.24) is 9.80 Å². The molecule has 2 aliphatic rings. The maximum atomic E-state index is 11.8. The molecule has 18 heavy (non-hydrogen) atoms. The van der Waals surface area contributed by atoms with Crippen molar-refractivity contribution in [3.63, 3.8) is 0 Å². The van der Waals surface area contributed by atoms with Crippen molar-refractivity contribution in [3.05, 3.63) is 24.4 Å². The van der Waals surface area contributed by atoms with Crippen LogP contribution in [0.5, 0.6) is 0 Å². The number of hydrogen-bond acceptors (Lipinski definition) is 4. The number of carbonyl (C=O) groups excluding carboxylic acids is 1. The van der Waals surface area contributed by atoms with E-state index < -0.39 is 0 Å². The zero-order valence-electron chi connectivity index (χ0n) is 10.6. The molecule has 0 aromatic carbocycles. The van der Waals surface area contributed by atoms with E-state index in [-0.39, 0.29) is 5.91 Å². The van der Waals surface area contributed by atoms with Crippen molar-refractivity contribution in [2.45, 2.75) is 0 Å². The Balaban J connectivity index is 1.72. The van der Waals surface area contributed by atoms with E-state index in [2.05, 4.69) is 4.90 Å². The molecule has 0 N–H and O–H groups in total. The Morgan fingerprint density at radius 2 is 1.50 bits per heavy atom. The molecule has 0 aromatic heterocycles. The second-order valence-electron chi connectivity index (χ2n) is 4.29. The first-order valence-electron chi connectivity index (χ1n) is 6.39. The summed E-state index contributed by atoms with van der Waals surface area (Å²) in [6.45, 7) is 6.06. The number of ether oxygens (including phenoxy) is 2. The lowest BCUT2D eigenvalue weighted by atomic mass is 10.3.